The average Bonchev–Trinajstić information content (AvgIpc) is 3.21. The van der Waals surface area contributed by atoms with Crippen LogP contribution in [0.2, 0.25) is 0 Å². The van der Waals surface area contributed by atoms with Gasteiger partial charge >= 0.3 is 0 Å². The van der Waals surface area contributed by atoms with Crippen LogP contribution in [0, 0.1) is 3.57 Å². The summed E-state index contributed by atoms with van der Waals surface area (Å²) in [5.74, 6) is 0.864. The lowest BCUT2D eigenvalue weighted by Crippen LogP contribution is -2.30. The van der Waals surface area contributed by atoms with Gasteiger partial charge in [0.15, 0.2) is 0 Å². The highest BCUT2D eigenvalue weighted by Gasteiger charge is 2.18. The minimum atomic E-state index is -0.935. The largest absolute Gasteiger partial charge is 0.497 e. The van der Waals surface area contributed by atoms with E-state index in [1.54, 1.807) is 31.4 Å². The number of nitrogens with one attached hydrogen (secondary N) is 1. The van der Waals surface area contributed by atoms with Gasteiger partial charge in [0.1, 0.15) is 23.3 Å². The van der Waals surface area contributed by atoms with Crippen LogP contribution in [0.25, 0.3) is 5.69 Å². The Bertz CT molecular complexity index is 971. The first-order valence-electron chi connectivity index (χ1n) is 8.65. The first-order valence-corrected chi connectivity index (χ1v) is 9.73. The molecule has 7 heteroatoms. The molecule has 0 fully saturated rings. The molecule has 0 radical (unpaired) electrons. The van der Waals surface area contributed by atoms with E-state index in [2.05, 4.69) is 27.9 Å². The minimum absolute atomic E-state index is 0.0415. The van der Waals surface area contributed by atoms with Crippen LogP contribution in [0.4, 0.5) is 0 Å². The molecule has 1 heterocycles. The predicted molar refractivity (Wildman–Crippen MR) is 115 cm³/mol. The van der Waals surface area contributed by atoms with Gasteiger partial charge < -0.3 is 24.5 Å². The van der Waals surface area contributed by atoms with Gasteiger partial charge in [0.05, 0.1) is 14.2 Å². The fourth-order valence-corrected chi connectivity index (χ4v) is 3.43. The summed E-state index contributed by atoms with van der Waals surface area (Å²) < 4.78 is 13.4. The molecule has 0 bridgehead atoms. The maximum Gasteiger partial charge on any atom is 0.268 e. The lowest BCUT2D eigenvalue weighted by Gasteiger charge is -2.17. The first-order chi connectivity index (χ1) is 13.5. The number of carbonyl (C=O) groups is 1. The summed E-state index contributed by atoms with van der Waals surface area (Å²) in [7, 11) is 3.09. The van der Waals surface area contributed by atoms with E-state index in [1.165, 1.54) is 7.11 Å². The highest BCUT2D eigenvalue weighted by molar-refractivity contribution is 14.1. The molecule has 6 nitrogen and oxygen atoms in total. The lowest BCUT2D eigenvalue weighted by atomic mass is 10.1. The number of aliphatic hydroxyl groups is 1. The number of aromatic nitrogens is 1. The summed E-state index contributed by atoms with van der Waals surface area (Å²) >= 11 is 2.23. The molecule has 1 amide bonds. The lowest BCUT2D eigenvalue weighted by molar-refractivity contribution is 0.0908. The van der Waals surface area contributed by atoms with Crippen LogP contribution < -0.4 is 14.8 Å². The van der Waals surface area contributed by atoms with E-state index in [9.17, 15) is 9.90 Å². The van der Waals surface area contributed by atoms with Gasteiger partial charge in [-0.05, 0) is 71.1 Å². The van der Waals surface area contributed by atoms with Gasteiger partial charge in [-0.3, -0.25) is 4.79 Å². The van der Waals surface area contributed by atoms with Gasteiger partial charge in [0.2, 0.25) is 0 Å². The second-order valence-corrected chi connectivity index (χ2v) is 7.32. The van der Waals surface area contributed by atoms with Crippen LogP contribution in [-0.2, 0) is 0 Å². The molecular weight excluding hydrogens is 471 g/mol. The van der Waals surface area contributed by atoms with Crippen LogP contribution in [0.3, 0.4) is 0 Å². The summed E-state index contributed by atoms with van der Waals surface area (Å²) in [4.78, 5) is 12.7. The van der Waals surface area contributed by atoms with Crippen molar-refractivity contribution in [2.45, 2.75) is 6.10 Å². The molecule has 0 saturated heterocycles. The Labute approximate surface area is 177 Å². The van der Waals surface area contributed by atoms with Gasteiger partial charge in [0.25, 0.3) is 5.91 Å². The second kappa shape index (κ2) is 9.11. The Morgan fingerprint density at radius 2 is 1.96 bits per heavy atom. The van der Waals surface area contributed by atoms with Crippen LogP contribution in [-0.4, -0.2) is 36.3 Å². The number of rotatable bonds is 7. The number of halogens is 1. The number of benzene rings is 2. The number of hydrogen-bond acceptors (Lipinski definition) is 4. The molecule has 3 aromatic rings. The Morgan fingerprint density at radius 1 is 1.14 bits per heavy atom. The molecule has 1 aromatic heterocycles. The quantitative estimate of drug-likeness (QED) is 0.495. The maximum absolute atomic E-state index is 12.7. The summed E-state index contributed by atoms with van der Waals surface area (Å²) in [6.07, 6.45) is 0.900. The van der Waals surface area contributed by atoms with Crippen molar-refractivity contribution >= 4 is 28.5 Å². The topological polar surface area (TPSA) is 72.7 Å². The van der Waals surface area contributed by atoms with Gasteiger partial charge in [-0.15, -0.1) is 0 Å². The smallest absolute Gasteiger partial charge is 0.268 e. The zero-order valence-corrected chi connectivity index (χ0v) is 17.7. The van der Waals surface area contributed by atoms with Gasteiger partial charge in [0, 0.05) is 27.6 Å². The molecule has 1 atom stereocenters. The Morgan fingerprint density at radius 3 is 2.68 bits per heavy atom. The highest BCUT2D eigenvalue weighted by atomic mass is 127. The molecular formula is C21H21IN2O4. The molecule has 3 rings (SSSR count). The monoisotopic (exact) mass is 492 g/mol. The third-order valence-electron chi connectivity index (χ3n) is 4.32. The molecule has 0 aliphatic carbocycles. The number of aliphatic hydroxyl groups excluding tert-OH is 1. The first kappa shape index (κ1) is 20.2. The summed E-state index contributed by atoms with van der Waals surface area (Å²) in [6.45, 7) is 0.0415. The van der Waals surface area contributed by atoms with E-state index in [0.29, 0.717) is 22.8 Å². The Kier molecular flexibility index (Phi) is 6.58. The molecule has 0 saturated carbocycles. The van der Waals surface area contributed by atoms with Gasteiger partial charge in [-0.2, -0.15) is 0 Å². The molecule has 28 heavy (non-hydrogen) atoms. The molecule has 2 aromatic carbocycles. The zero-order valence-electron chi connectivity index (χ0n) is 15.6. The van der Waals surface area contributed by atoms with Crippen LogP contribution in [0.1, 0.15) is 22.2 Å². The molecule has 1 unspecified atom stereocenters. The average molecular weight is 492 g/mol. The van der Waals surface area contributed by atoms with Crippen LogP contribution >= 0.6 is 22.6 Å². The predicted octanol–water partition coefficient (Wildman–Crippen LogP) is 3.56. The normalized spacial score (nSPS) is 11.7. The summed E-state index contributed by atoms with van der Waals surface area (Å²) in [5, 5.41) is 13.4. The SMILES string of the molecule is COc1ccc(OC)c(C(O)CNC(=O)c2cccn2-c2cccc(I)c2)c1. The zero-order chi connectivity index (χ0) is 20.1. The summed E-state index contributed by atoms with van der Waals surface area (Å²) in [6, 6.07) is 16.6. The minimum Gasteiger partial charge on any atom is -0.497 e. The van der Waals surface area contributed by atoms with Gasteiger partial charge in [-0.1, -0.05) is 6.07 Å². The van der Waals surface area contributed by atoms with Crippen molar-refractivity contribution in [2.24, 2.45) is 0 Å². The third-order valence-corrected chi connectivity index (χ3v) is 4.99. The number of nitrogens with zero attached hydrogens (tertiary/aromatic N) is 1. The van der Waals surface area contributed by atoms with E-state index in [1.807, 2.05) is 41.1 Å². The summed E-state index contributed by atoms with van der Waals surface area (Å²) in [5.41, 5.74) is 1.94. The molecule has 0 aliphatic heterocycles. The molecule has 2 N–H and O–H groups in total. The molecule has 0 aliphatic rings. The van der Waals surface area contributed by atoms with E-state index in [4.69, 9.17) is 9.47 Å². The number of ether oxygens (including phenoxy) is 2. The van der Waals surface area contributed by atoms with Crippen molar-refractivity contribution in [3.63, 3.8) is 0 Å². The van der Waals surface area contributed by atoms with Crippen molar-refractivity contribution in [2.75, 3.05) is 20.8 Å². The van der Waals surface area contributed by atoms with Crippen LogP contribution in [0.5, 0.6) is 11.5 Å². The standard InChI is InChI=1S/C21H21IN2O4/c1-27-16-8-9-20(28-2)17(12-16)19(25)13-23-21(26)18-7-4-10-24(18)15-6-3-5-14(22)11-15/h3-12,19,25H,13H2,1-2H3,(H,23,26). The number of hydrogen-bond donors (Lipinski definition) is 2. The van der Waals surface area contributed by atoms with Crippen molar-refractivity contribution < 1.29 is 19.4 Å². The van der Waals surface area contributed by atoms with Gasteiger partial charge in [-0.25, -0.2) is 0 Å². The Balaban J connectivity index is 1.74. The van der Waals surface area contributed by atoms with Crippen molar-refractivity contribution in [1.29, 1.82) is 0 Å². The molecule has 0 spiro atoms. The fourth-order valence-electron chi connectivity index (χ4n) is 2.91. The van der Waals surface area contributed by atoms with Crippen molar-refractivity contribution in [3.8, 4) is 17.2 Å². The molecule has 146 valence electrons. The Hall–Kier alpha value is -2.52. The third kappa shape index (κ3) is 4.48. The van der Waals surface area contributed by atoms with Crippen molar-refractivity contribution in [1.82, 2.24) is 9.88 Å². The fraction of sp³-hybridized carbons (Fsp3) is 0.190. The van der Waals surface area contributed by atoms with E-state index < -0.39 is 6.10 Å². The van der Waals surface area contributed by atoms with Crippen LogP contribution in [0.15, 0.2) is 60.8 Å². The second-order valence-electron chi connectivity index (χ2n) is 6.08. The van der Waals surface area contributed by atoms with E-state index >= 15 is 0 Å². The highest BCUT2D eigenvalue weighted by Crippen LogP contribution is 2.29. The maximum atomic E-state index is 12.7. The van der Waals surface area contributed by atoms with E-state index in [-0.39, 0.29) is 12.5 Å². The van der Waals surface area contributed by atoms with E-state index in [0.717, 1.165) is 9.26 Å². The number of methoxy groups -OCH3 is 2. The number of amides is 1. The van der Waals surface area contributed by atoms with Crippen molar-refractivity contribution in [3.05, 3.63) is 75.6 Å². The number of carbonyl (C=O) groups excluding carboxylic acids is 1.